The molecule has 2 unspecified atom stereocenters. The van der Waals surface area contributed by atoms with Crippen molar-refractivity contribution in [3.8, 4) is 5.88 Å². The largest absolute Gasteiger partial charge is 0.414 e. The fourth-order valence-electron chi connectivity index (χ4n) is 6.72. The predicted molar refractivity (Wildman–Crippen MR) is 130 cm³/mol. The lowest BCUT2D eigenvalue weighted by Crippen LogP contribution is -2.70. The van der Waals surface area contributed by atoms with Crippen LogP contribution in [-0.4, -0.2) is 40.5 Å². The summed E-state index contributed by atoms with van der Waals surface area (Å²) in [6.45, 7) is 0.327. The molecule has 0 radical (unpaired) electrons. The minimum atomic E-state index is -0.592. The maximum atomic E-state index is 13.7. The number of hydrogen-bond acceptors (Lipinski definition) is 6. The van der Waals surface area contributed by atoms with Gasteiger partial charge in [-0.25, -0.2) is 9.18 Å². The Morgan fingerprint density at radius 1 is 1.03 bits per heavy atom. The van der Waals surface area contributed by atoms with Crippen LogP contribution in [0.5, 0.6) is 5.88 Å². The molecule has 4 fully saturated rings. The molecular weight excluding hydrogens is 465 g/mol. The number of nitrogens with one attached hydrogen (secondary N) is 3. The number of pyridine rings is 1. The average Bonchev–Trinajstić information content (AvgIpc) is 2.77. The molecule has 6 rings (SSSR count). The van der Waals surface area contributed by atoms with Gasteiger partial charge in [-0.05, 0) is 74.6 Å². The van der Waals surface area contributed by atoms with E-state index in [9.17, 15) is 18.8 Å². The third-order valence-electron chi connectivity index (χ3n) is 7.49. The van der Waals surface area contributed by atoms with Gasteiger partial charge in [0.05, 0.1) is 0 Å². The first-order chi connectivity index (χ1) is 17.2. The van der Waals surface area contributed by atoms with Gasteiger partial charge in [0.2, 0.25) is 11.8 Å². The fourth-order valence-corrected chi connectivity index (χ4v) is 6.72. The van der Waals surface area contributed by atoms with Gasteiger partial charge in [0, 0.05) is 35.7 Å². The van der Waals surface area contributed by atoms with Crippen LogP contribution < -0.4 is 26.4 Å². The Bertz CT molecular complexity index is 1170. The quantitative estimate of drug-likeness (QED) is 0.444. The number of carbonyl (C=O) groups excluding carboxylic acids is 3. The SMILES string of the molecule is NC(=O)CCNc1cccc(OC(=O)NC23CC4CC(C2)CC(NC(=O)c2cccc(F)c2)(C4)C3)n1. The molecule has 1 heterocycles. The van der Waals surface area contributed by atoms with Gasteiger partial charge in [-0.2, -0.15) is 4.98 Å². The zero-order chi connectivity index (χ0) is 25.3. The molecule has 1 aromatic heterocycles. The van der Waals surface area contributed by atoms with Crippen molar-refractivity contribution in [2.75, 3.05) is 11.9 Å². The Kier molecular flexibility index (Phi) is 6.27. The molecule has 10 heteroatoms. The summed E-state index contributed by atoms with van der Waals surface area (Å²) in [7, 11) is 0. The van der Waals surface area contributed by atoms with E-state index in [1.54, 1.807) is 24.3 Å². The van der Waals surface area contributed by atoms with Crippen molar-refractivity contribution in [3.63, 3.8) is 0 Å². The van der Waals surface area contributed by atoms with Gasteiger partial charge in [-0.3, -0.25) is 9.59 Å². The van der Waals surface area contributed by atoms with Gasteiger partial charge in [0.25, 0.3) is 5.91 Å². The number of halogens is 1. The number of carbonyl (C=O) groups is 3. The molecule has 36 heavy (non-hydrogen) atoms. The molecule has 2 aromatic rings. The van der Waals surface area contributed by atoms with E-state index in [1.165, 1.54) is 18.2 Å². The van der Waals surface area contributed by atoms with Crippen LogP contribution in [-0.2, 0) is 4.79 Å². The van der Waals surface area contributed by atoms with E-state index in [0.717, 1.165) is 32.1 Å². The Hall–Kier alpha value is -3.69. The molecule has 1 aromatic carbocycles. The van der Waals surface area contributed by atoms with Crippen LogP contribution in [0.25, 0.3) is 0 Å². The maximum Gasteiger partial charge on any atom is 0.414 e. The Balaban J connectivity index is 1.25. The lowest BCUT2D eigenvalue weighted by atomic mass is 9.50. The highest BCUT2D eigenvalue weighted by molar-refractivity contribution is 5.94. The summed E-state index contributed by atoms with van der Waals surface area (Å²) in [4.78, 5) is 41.1. The maximum absolute atomic E-state index is 13.7. The monoisotopic (exact) mass is 495 g/mol. The second-order valence-corrected chi connectivity index (χ2v) is 10.5. The minimum Gasteiger partial charge on any atom is -0.391 e. The predicted octanol–water partition coefficient (Wildman–Crippen LogP) is 3.12. The van der Waals surface area contributed by atoms with Crippen molar-refractivity contribution in [2.24, 2.45) is 17.6 Å². The Morgan fingerprint density at radius 3 is 2.42 bits per heavy atom. The van der Waals surface area contributed by atoms with Gasteiger partial charge in [-0.15, -0.1) is 0 Å². The van der Waals surface area contributed by atoms with Crippen LogP contribution in [0, 0.1) is 17.7 Å². The van der Waals surface area contributed by atoms with Crippen molar-refractivity contribution in [2.45, 2.75) is 56.0 Å². The molecule has 2 atom stereocenters. The number of rotatable bonds is 8. The topological polar surface area (TPSA) is 135 Å². The zero-order valence-corrected chi connectivity index (χ0v) is 19.9. The molecule has 4 aliphatic carbocycles. The number of nitrogens with two attached hydrogens (primary N) is 1. The smallest absolute Gasteiger partial charge is 0.391 e. The van der Waals surface area contributed by atoms with E-state index >= 15 is 0 Å². The molecule has 4 aliphatic rings. The highest BCUT2D eigenvalue weighted by Gasteiger charge is 2.59. The summed E-state index contributed by atoms with van der Waals surface area (Å²) in [5.74, 6) is 0.208. The molecule has 4 bridgehead atoms. The molecular formula is C26H30FN5O4. The Labute approximate surface area is 208 Å². The summed E-state index contributed by atoms with van der Waals surface area (Å²) in [5, 5.41) is 9.27. The minimum absolute atomic E-state index is 0.135. The van der Waals surface area contributed by atoms with E-state index in [2.05, 4.69) is 20.9 Å². The number of benzene rings is 1. The number of amides is 3. The third-order valence-corrected chi connectivity index (χ3v) is 7.49. The lowest BCUT2D eigenvalue weighted by molar-refractivity contribution is -0.117. The van der Waals surface area contributed by atoms with E-state index in [-0.39, 0.29) is 18.2 Å². The molecule has 0 aliphatic heterocycles. The zero-order valence-electron chi connectivity index (χ0n) is 19.9. The van der Waals surface area contributed by atoms with E-state index < -0.39 is 28.9 Å². The van der Waals surface area contributed by atoms with Gasteiger partial charge >= 0.3 is 6.09 Å². The van der Waals surface area contributed by atoms with Crippen LogP contribution in [0.4, 0.5) is 15.0 Å². The van der Waals surface area contributed by atoms with Crippen molar-refractivity contribution in [1.82, 2.24) is 15.6 Å². The van der Waals surface area contributed by atoms with Crippen LogP contribution in [0.2, 0.25) is 0 Å². The standard InChI is InChI=1S/C26H30FN5O4/c27-19-4-1-3-18(10-19)23(34)31-25-11-16-9-17(12-25)14-26(13-16,15-25)32-24(35)36-22-6-2-5-21(30-22)29-8-7-20(28)33/h1-6,10,16-17H,7-9,11-15H2,(H2,28,33)(H,29,30)(H,31,34)(H,32,35). The number of hydrogen-bond donors (Lipinski definition) is 4. The molecule has 5 N–H and O–H groups in total. The highest BCUT2D eigenvalue weighted by atomic mass is 19.1. The van der Waals surface area contributed by atoms with E-state index in [1.807, 2.05) is 0 Å². The average molecular weight is 496 g/mol. The van der Waals surface area contributed by atoms with Gasteiger partial charge in [-0.1, -0.05) is 12.1 Å². The van der Waals surface area contributed by atoms with E-state index in [4.69, 9.17) is 10.5 Å². The molecule has 9 nitrogen and oxygen atoms in total. The number of nitrogens with zero attached hydrogens (tertiary/aromatic N) is 1. The molecule has 3 amide bonds. The molecule has 190 valence electrons. The Morgan fingerprint density at radius 2 is 1.72 bits per heavy atom. The van der Waals surface area contributed by atoms with E-state index in [0.29, 0.717) is 36.2 Å². The first-order valence-electron chi connectivity index (χ1n) is 12.3. The highest BCUT2D eigenvalue weighted by Crippen LogP contribution is 2.57. The van der Waals surface area contributed by atoms with Crippen molar-refractivity contribution >= 4 is 23.7 Å². The second-order valence-electron chi connectivity index (χ2n) is 10.5. The van der Waals surface area contributed by atoms with Gasteiger partial charge in [0.1, 0.15) is 11.6 Å². The molecule has 0 saturated heterocycles. The summed E-state index contributed by atoms with van der Waals surface area (Å²) in [6, 6.07) is 10.7. The molecule has 0 spiro atoms. The fraction of sp³-hybridized carbons (Fsp3) is 0.462. The molecule has 4 saturated carbocycles. The summed E-state index contributed by atoms with van der Waals surface area (Å²) in [6.07, 6.45) is 4.62. The van der Waals surface area contributed by atoms with Gasteiger partial charge < -0.3 is 26.4 Å². The first kappa shape index (κ1) is 24.0. The number of anilines is 1. The lowest BCUT2D eigenvalue weighted by Gasteiger charge is -2.62. The number of ether oxygens (including phenoxy) is 1. The van der Waals surface area contributed by atoms with Crippen molar-refractivity contribution < 1.29 is 23.5 Å². The van der Waals surface area contributed by atoms with Crippen LogP contribution in [0.1, 0.15) is 55.3 Å². The summed E-state index contributed by atoms with van der Waals surface area (Å²) in [5.41, 5.74) is 4.52. The van der Waals surface area contributed by atoms with Crippen LogP contribution >= 0.6 is 0 Å². The summed E-state index contributed by atoms with van der Waals surface area (Å²) < 4.78 is 19.2. The third kappa shape index (κ3) is 5.27. The van der Waals surface area contributed by atoms with Crippen molar-refractivity contribution in [3.05, 3.63) is 53.8 Å². The first-order valence-corrected chi connectivity index (χ1v) is 12.3. The second kappa shape index (κ2) is 9.40. The van der Waals surface area contributed by atoms with Crippen LogP contribution in [0.3, 0.4) is 0 Å². The van der Waals surface area contributed by atoms with Crippen LogP contribution in [0.15, 0.2) is 42.5 Å². The normalized spacial score (nSPS) is 27.8. The summed E-state index contributed by atoms with van der Waals surface area (Å²) >= 11 is 0. The van der Waals surface area contributed by atoms with Crippen molar-refractivity contribution in [1.29, 1.82) is 0 Å². The number of primary amides is 1. The number of aromatic nitrogens is 1. The van der Waals surface area contributed by atoms with Gasteiger partial charge in [0.15, 0.2) is 0 Å².